The van der Waals surface area contributed by atoms with Crippen LogP contribution in [-0.4, -0.2) is 28.2 Å². The molecular formula is C19H16F2N4O2S. The van der Waals surface area contributed by atoms with Gasteiger partial charge in [-0.2, -0.15) is 8.78 Å². The summed E-state index contributed by atoms with van der Waals surface area (Å²) < 4.78 is 28.9. The largest absolute Gasteiger partial charge is 0.417 e. The summed E-state index contributed by atoms with van der Waals surface area (Å²) in [5.74, 6) is -0.476. The SMILES string of the molecule is [C-]#[N+]c1ccc(N2C(=O)C(C)(C)N(c3ccc(OC(F)F)nc3)C2=S)cc1C. The van der Waals surface area contributed by atoms with Crippen molar-refractivity contribution < 1.29 is 18.3 Å². The number of anilines is 2. The maximum Gasteiger partial charge on any atom is 0.388 e. The molecule has 0 aliphatic carbocycles. The fourth-order valence-corrected chi connectivity index (χ4v) is 3.55. The molecule has 0 spiro atoms. The fourth-order valence-electron chi connectivity index (χ4n) is 3.03. The van der Waals surface area contributed by atoms with Gasteiger partial charge in [0.2, 0.25) is 5.88 Å². The van der Waals surface area contributed by atoms with Crippen LogP contribution in [0.5, 0.6) is 5.88 Å². The Morgan fingerprint density at radius 1 is 1.25 bits per heavy atom. The van der Waals surface area contributed by atoms with Gasteiger partial charge < -0.3 is 9.64 Å². The lowest BCUT2D eigenvalue weighted by molar-refractivity contribution is -0.120. The van der Waals surface area contributed by atoms with Crippen LogP contribution in [0.4, 0.5) is 25.8 Å². The third-order valence-corrected chi connectivity index (χ3v) is 4.78. The summed E-state index contributed by atoms with van der Waals surface area (Å²) in [6.07, 6.45) is 1.33. The summed E-state index contributed by atoms with van der Waals surface area (Å²) in [5, 5.41) is 0.231. The smallest absolute Gasteiger partial charge is 0.388 e. The Kier molecular flexibility index (Phi) is 5.00. The number of benzene rings is 1. The average Bonchev–Trinajstić information content (AvgIpc) is 2.80. The molecular weight excluding hydrogens is 386 g/mol. The molecule has 0 saturated carbocycles. The zero-order valence-electron chi connectivity index (χ0n) is 15.3. The molecule has 1 fully saturated rings. The molecule has 0 atom stereocenters. The lowest BCUT2D eigenvalue weighted by atomic mass is 10.0. The minimum Gasteiger partial charge on any atom is -0.417 e. The van der Waals surface area contributed by atoms with Crippen LogP contribution >= 0.6 is 12.2 Å². The van der Waals surface area contributed by atoms with Crippen LogP contribution in [0.3, 0.4) is 0 Å². The molecule has 0 radical (unpaired) electrons. The summed E-state index contributed by atoms with van der Waals surface area (Å²) in [6, 6.07) is 7.85. The number of halogens is 2. The van der Waals surface area contributed by atoms with Crippen molar-refractivity contribution in [2.24, 2.45) is 0 Å². The third kappa shape index (κ3) is 3.27. The Morgan fingerprint density at radius 3 is 2.46 bits per heavy atom. The van der Waals surface area contributed by atoms with Crippen LogP contribution in [0, 0.1) is 13.5 Å². The van der Waals surface area contributed by atoms with E-state index in [0.29, 0.717) is 17.1 Å². The maximum atomic E-state index is 13.1. The van der Waals surface area contributed by atoms with Gasteiger partial charge >= 0.3 is 6.61 Å². The first-order valence-corrected chi connectivity index (χ1v) is 8.65. The molecule has 1 amide bonds. The van der Waals surface area contributed by atoms with E-state index in [1.807, 2.05) is 0 Å². The number of aromatic nitrogens is 1. The molecule has 1 aromatic heterocycles. The van der Waals surface area contributed by atoms with Crippen LogP contribution in [0.15, 0.2) is 36.5 Å². The van der Waals surface area contributed by atoms with Gasteiger partial charge in [-0.15, -0.1) is 0 Å². The second-order valence-electron chi connectivity index (χ2n) is 6.63. The van der Waals surface area contributed by atoms with Gasteiger partial charge in [-0.3, -0.25) is 9.69 Å². The van der Waals surface area contributed by atoms with E-state index in [1.165, 1.54) is 23.2 Å². The van der Waals surface area contributed by atoms with Gasteiger partial charge in [0.1, 0.15) is 5.54 Å². The van der Waals surface area contributed by atoms with Crippen LogP contribution in [0.25, 0.3) is 4.85 Å². The number of carbonyl (C=O) groups excluding carboxylic acids is 1. The number of carbonyl (C=O) groups is 1. The highest BCUT2D eigenvalue weighted by Crippen LogP contribution is 2.37. The van der Waals surface area contributed by atoms with E-state index in [9.17, 15) is 13.6 Å². The third-order valence-electron chi connectivity index (χ3n) is 4.42. The lowest BCUT2D eigenvalue weighted by Gasteiger charge is -2.29. The van der Waals surface area contributed by atoms with Gasteiger partial charge in [0, 0.05) is 11.8 Å². The number of rotatable bonds is 4. The van der Waals surface area contributed by atoms with Gasteiger partial charge in [-0.05, 0) is 56.8 Å². The molecule has 0 bridgehead atoms. The van der Waals surface area contributed by atoms with Crippen LogP contribution in [0.1, 0.15) is 19.4 Å². The minimum absolute atomic E-state index is 0.227. The van der Waals surface area contributed by atoms with Crippen molar-refractivity contribution in [2.75, 3.05) is 9.80 Å². The molecule has 1 aromatic carbocycles. The van der Waals surface area contributed by atoms with Crippen LogP contribution in [0.2, 0.25) is 0 Å². The van der Waals surface area contributed by atoms with E-state index >= 15 is 0 Å². The van der Waals surface area contributed by atoms with E-state index < -0.39 is 12.2 Å². The lowest BCUT2D eigenvalue weighted by Crippen LogP contribution is -2.44. The van der Waals surface area contributed by atoms with Crippen LogP contribution in [-0.2, 0) is 4.79 Å². The molecule has 144 valence electrons. The molecule has 1 aliphatic heterocycles. The van der Waals surface area contributed by atoms with Gasteiger partial charge in [-0.1, -0.05) is 6.07 Å². The van der Waals surface area contributed by atoms with Crippen molar-refractivity contribution in [3.8, 4) is 5.88 Å². The highest BCUT2D eigenvalue weighted by molar-refractivity contribution is 7.81. The summed E-state index contributed by atoms with van der Waals surface area (Å²) in [6.45, 7) is 9.40. The molecule has 3 rings (SSSR count). The Hall–Kier alpha value is -3.12. The first-order valence-electron chi connectivity index (χ1n) is 8.24. The normalized spacial score (nSPS) is 15.9. The van der Waals surface area contributed by atoms with Crippen molar-refractivity contribution in [2.45, 2.75) is 32.9 Å². The summed E-state index contributed by atoms with van der Waals surface area (Å²) in [7, 11) is 0. The van der Waals surface area contributed by atoms with E-state index in [-0.39, 0.29) is 16.9 Å². The molecule has 2 heterocycles. The predicted molar refractivity (Wildman–Crippen MR) is 105 cm³/mol. The van der Waals surface area contributed by atoms with Crippen molar-refractivity contribution in [1.29, 1.82) is 0 Å². The number of hydrogen-bond donors (Lipinski definition) is 0. The maximum absolute atomic E-state index is 13.1. The highest BCUT2D eigenvalue weighted by Gasteiger charge is 2.50. The van der Waals surface area contributed by atoms with E-state index in [2.05, 4.69) is 14.6 Å². The number of hydrogen-bond acceptors (Lipinski definition) is 4. The summed E-state index contributed by atoms with van der Waals surface area (Å²) in [4.78, 5) is 23.4. The topological polar surface area (TPSA) is 50.0 Å². The van der Waals surface area contributed by atoms with E-state index in [1.54, 1.807) is 43.9 Å². The molecule has 2 aromatic rings. The second-order valence-corrected chi connectivity index (χ2v) is 7.00. The number of amides is 1. The summed E-state index contributed by atoms with van der Waals surface area (Å²) in [5.41, 5.74) is 1.24. The molecule has 1 saturated heterocycles. The Morgan fingerprint density at radius 2 is 1.93 bits per heavy atom. The van der Waals surface area contributed by atoms with Gasteiger partial charge in [0.25, 0.3) is 5.91 Å². The monoisotopic (exact) mass is 402 g/mol. The number of nitrogens with zero attached hydrogens (tertiary/aromatic N) is 4. The van der Waals surface area contributed by atoms with Crippen LogP contribution < -0.4 is 14.5 Å². The Balaban J connectivity index is 1.98. The van der Waals surface area contributed by atoms with E-state index in [0.717, 1.165) is 5.56 Å². The quantitative estimate of drug-likeness (QED) is 0.558. The number of aryl methyl sites for hydroxylation is 1. The Labute approximate surface area is 166 Å². The fraction of sp³-hybridized carbons (Fsp3) is 0.263. The molecule has 0 N–H and O–H groups in total. The van der Waals surface area contributed by atoms with Gasteiger partial charge in [-0.25, -0.2) is 9.83 Å². The first-order chi connectivity index (χ1) is 13.2. The second kappa shape index (κ2) is 7.13. The first kappa shape index (κ1) is 19.6. The number of ether oxygens (including phenoxy) is 1. The van der Waals surface area contributed by atoms with Crippen molar-refractivity contribution in [3.05, 3.63) is 53.5 Å². The minimum atomic E-state index is -2.97. The molecule has 28 heavy (non-hydrogen) atoms. The molecule has 0 unspecified atom stereocenters. The zero-order valence-corrected chi connectivity index (χ0v) is 16.1. The zero-order chi connectivity index (χ0) is 20.6. The molecule has 9 heteroatoms. The van der Waals surface area contributed by atoms with E-state index in [4.69, 9.17) is 18.8 Å². The van der Waals surface area contributed by atoms with Crippen molar-refractivity contribution in [1.82, 2.24) is 4.98 Å². The number of alkyl halides is 2. The number of thiocarbonyl (C=S) groups is 1. The summed E-state index contributed by atoms with van der Waals surface area (Å²) >= 11 is 5.55. The molecule has 1 aliphatic rings. The standard InChI is InChI=1S/C19H16F2N4O2S/c1-11-9-12(5-7-14(11)22-4)24-16(26)19(2,3)25(18(24)28)13-6-8-15(23-10-13)27-17(20)21/h5-10,17H,1-3H3. The Bertz CT molecular complexity index is 986. The highest BCUT2D eigenvalue weighted by atomic mass is 32.1. The average molecular weight is 402 g/mol. The predicted octanol–water partition coefficient (Wildman–Crippen LogP) is 4.46. The van der Waals surface area contributed by atoms with Gasteiger partial charge in [0.15, 0.2) is 10.8 Å². The van der Waals surface area contributed by atoms with Crippen molar-refractivity contribution >= 4 is 40.3 Å². The number of pyridine rings is 1. The van der Waals surface area contributed by atoms with Crippen molar-refractivity contribution in [3.63, 3.8) is 0 Å². The molecule has 6 nitrogen and oxygen atoms in total. The van der Waals surface area contributed by atoms with Gasteiger partial charge in [0.05, 0.1) is 18.5 Å².